The number of hydrogen-bond donors (Lipinski definition) is 2. The number of carbonyl (C=O) groups excluding carboxylic acids is 1. The first-order valence-electron chi connectivity index (χ1n) is 5.55. The van der Waals surface area contributed by atoms with Crippen LogP contribution in [0.25, 0.3) is 0 Å². The normalized spacial score (nSPS) is 12.0. The molecule has 5 nitrogen and oxygen atoms in total. The molecule has 0 aliphatic rings. The molecule has 1 heterocycles. The van der Waals surface area contributed by atoms with Crippen LogP contribution in [0.2, 0.25) is 0 Å². The number of primary amides is 1. The van der Waals surface area contributed by atoms with Gasteiger partial charge in [0.2, 0.25) is 5.91 Å². The zero-order chi connectivity index (χ0) is 13.8. The number of carbonyl (C=O) groups is 1. The van der Waals surface area contributed by atoms with E-state index in [0.29, 0.717) is 21.7 Å². The highest BCUT2D eigenvalue weighted by molar-refractivity contribution is 7.84. The van der Waals surface area contributed by atoms with E-state index < -0.39 is 16.7 Å². The summed E-state index contributed by atoms with van der Waals surface area (Å²) >= 11 is 0. The third kappa shape index (κ3) is 2.97. The van der Waals surface area contributed by atoms with Crippen LogP contribution in [0.5, 0.6) is 0 Å². The van der Waals surface area contributed by atoms with Crippen molar-refractivity contribution in [2.75, 3.05) is 5.73 Å². The van der Waals surface area contributed by atoms with E-state index >= 15 is 0 Å². The van der Waals surface area contributed by atoms with Gasteiger partial charge in [0.1, 0.15) is 0 Å². The lowest BCUT2D eigenvalue weighted by molar-refractivity contribution is 0.0999. The number of nitrogens with two attached hydrogens (primary N) is 2. The fraction of sp³-hybridized carbons (Fsp3) is 0.0769. The van der Waals surface area contributed by atoms with Crippen molar-refractivity contribution < 1.29 is 9.00 Å². The number of anilines is 1. The molecule has 0 aliphatic heterocycles. The molecule has 19 heavy (non-hydrogen) atoms. The summed E-state index contributed by atoms with van der Waals surface area (Å²) in [7, 11) is -1.35. The van der Waals surface area contributed by atoms with Crippen molar-refractivity contribution in [3.63, 3.8) is 0 Å². The monoisotopic (exact) mass is 275 g/mol. The maximum absolute atomic E-state index is 12.3. The van der Waals surface area contributed by atoms with Crippen LogP contribution < -0.4 is 11.5 Å². The standard InChI is InChI=1S/C13H13N3O2S/c14-11-7-16-6-5-12(11)19(18)8-9-3-1-2-4-10(9)13(15)17/h1-7H,8,14H2,(H2,15,17). The first kappa shape index (κ1) is 13.2. The highest BCUT2D eigenvalue weighted by atomic mass is 32.2. The number of rotatable bonds is 4. The maximum atomic E-state index is 12.3. The van der Waals surface area contributed by atoms with Crippen molar-refractivity contribution >= 4 is 22.4 Å². The van der Waals surface area contributed by atoms with Crippen molar-refractivity contribution in [1.82, 2.24) is 4.98 Å². The molecule has 2 rings (SSSR count). The lowest BCUT2D eigenvalue weighted by Gasteiger charge is -2.08. The third-order valence-corrected chi connectivity index (χ3v) is 4.06. The van der Waals surface area contributed by atoms with Crippen LogP contribution in [0.4, 0.5) is 5.69 Å². The summed E-state index contributed by atoms with van der Waals surface area (Å²) in [5.74, 6) is -0.344. The van der Waals surface area contributed by atoms with Crippen molar-refractivity contribution in [1.29, 1.82) is 0 Å². The zero-order valence-electron chi connectivity index (χ0n) is 10.1. The van der Waals surface area contributed by atoms with Crippen molar-refractivity contribution in [2.24, 2.45) is 5.73 Å². The highest BCUT2D eigenvalue weighted by Gasteiger charge is 2.13. The Kier molecular flexibility index (Phi) is 3.91. The molecular weight excluding hydrogens is 262 g/mol. The molecule has 0 aliphatic carbocycles. The van der Waals surface area contributed by atoms with Gasteiger partial charge in [-0.2, -0.15) is 0 Å². The van der Waals surface area contributed by atoms with Gasteiger partial charge in [0, 0.05) is 11.8 Å². The molecule has 0 bridgehead atoms. The average Bonchev–Trinajstić information content (AvgIpc) is 2.39. The second-order valence-corrected chi connectivity index (χ2v) is 5.34. The number of nitrogens with zero attached hydrogens (tertiary/aromatic N) is 1. The number of amides is 1. The molecule has 1 atom stereocenters. The van der Waals surface area contributed by atoms with Crippen LogP contribution in [0, 0.1) is 0 Å². The maximum Gasteiger partial charge on any atom is 0.249 e. The number of nitrogen functional groups attached to an aromatic ring is 1. The highest BCUT2D eigenvalue weighted by Crippen LogP contribution is 2.19. The van der Waals surface area contributed by atoms with Crippen molar-refractivity contribution in [3.8, 4) is 0 Å². The predicted octanol–water partition coefficient (Wildman–Crippen LogP) is 1.07. The summed E-state index contributed by atoms with van der Waals surface area (Å²) < 4.78 is 12.3. The summed E-state index contributed by atoms with van der Waals surface area (Å²) in [6, 6.07) is 8.45. The zero-order valence-corrected chi connectivity index (χ0v) is 10.9. The van der Waals surface area contributed by atoms with Gasteiger partial charge in [-0.1, -0.05) is 18.2 Å². The van der Waals surface area contributed by atoms with Gasteiger partial charge in [-0.15, -0.1) is 0 Å². The molecule has 1 aromatic carbocycles. The Balaban J connectivity index is 2.30. The Morgan fingerprint density at radius 1 is 1.26 bits per heavy atom. The molecule has 0 spiro atoms. The van der Waals surface area contributed by atoms with E-state index in [2.05, 4.69) is 4.98 Å². The Morgan fingerprint density at radius 3 is 2.68 bits per heavy atom. The summed E-state index contributed by atoms with van der Waals surface area (Å²) in [5, 5.41) is 0. The molecule has 0 radical (unpaired) electrons. The van der Waals surface area contributed by atoms with Crippen LogP contribution in [-0.2, 0) is 16.6 Å². The van der Waals surface area contributed by atoms with Crippen molar-refractivity contribution in [3.05, 3.63) is 53.9 Å². The van der Waals surface area contributed by atoms with Gasteiger partial charge in [0.05, 0.1) is 33.3 Å². The van der Waals surface area contributed by atoms with Crippen LogP contribution in [-0.4, -0.2) is 15.1 Å². The van der Waals surface area contributed by atoms with E-state index in [0.717, 1.165) is 0 Å². The van der Waals surface area contributed by atoms with E-state index in [-0.39, 0.29) is 5.75 Å². The van der Waals surface area contributed by atoms with Crippen molar-refractivity contribution in [2.45, 2.75) is 10.6 Å². The van der Waals surface area contributed by atoms with E-state index in [1.54, 1.807) is 30.3 Å². The summed E-state index contributed by atoms with van der Waals surface area (Å²) in [6.45, 7) is 0. The van der Waals surface area contributed by atoms with Crippen LogP contribution >= 0.6 is 0 Å². The van der Waals surface area contributed by atoms with E-state index in [4.69, 9.17) is 11.5 Å². The smallest absolute Gasteiger partial charge is 0.249 e. The third-order valence-electron chi connectivity index (χ3n) is 2.62. The minimum atomic E-state index is -1.35. The Labute approximate surface area is 113 Å². The topological polar surface area (TPSA) is 99.1 Å². The first-order valence-corrected chi connectivity index (χ1v) is 6.87. The number of pyridine rings is 1. The molecule has 6 heteroatoms. The number of aromatic nitrogens is 1. The number of hydrogen-bond acceptors (Lipinski definition) is 4. The lowest BCUT2D eigenvalue weighted by atomic mass is 10.1. The Hall–Kier alpha value is -2.21. The lowest BCUT2D eigenvalue weighted by Crippen LogP contribution is -2.14. The molecular formula is C13H13N3O2S. The summed E-state index contributed by atoms with van der Waals surface area (Å²) in [5.41, 5.74) is 12.4. The van der Waals surface area contributed by atoms with Gasteiger partial charge in [0.15, 0.2) is 0 Å². The van der Waals surface area contributed by atoms with Crippen LogP contribution in [0.3, 0.4) is 0 Å². The SMILES string of the molecule is NC(=O)c1ccccc1CS(=O)c1ccncc1N. The molecule has 0 fully saturated rings. The second kappa shape index (κ2) is 5.62. The minimum Gasteiger partial charge on any atom is -0.396 e. The van der Waals surface area contributed by atoms with Crippen LogP contribution in [0.15, 0.2) is 47.6 Å². The van der Waals surface area contributed by atoms with E-state index in [1.807, 2.05) is 0 Å². The molecule has 98 valence electrons. The van der Waals surface area contributed by atoms with Gasteiger partial charge >= 0.3 is 0 Å². The molecule has 2 aromatic rings. The van der Waals surface area contributed by atoms with E-state index in [9.17, 15) is 9.00 Å². The Bertz CT molecular complexity index is 643. The van der Waals surface area contributed by atoms with E-state index in [1.165, 1.54) is 12.4 Å². The molecule has 1 unspecified atom stereocenters. The second-order valence-electron chi connectivity index (χ2n) is 3.92. The van der Waals surface area contributed by atoms with Crippen LogP contribution in [0.1, 0.15) is 15.9 Å². The Morgan fingerprint density at radius 2 is 2.00 bits per heavy atom. The van der Waals surface area contributed by atoms with Gasteiger partial charge in [-0.25, -0.2) is 0 Å². The average molecular weight is 275 g/mol. The minimum absolute atomic E-state index is 0.188. The molecule has 4 N–H and O–H groups in total. The molecule has 1 amide bonds. The quantitative estimate of drug-likeness (QED) is 0.871. The van der Waals surface area contributed by atoms with Gasteiger partial charge in [0.25, 0.3) is 0 Å². The van der Waals surface area contributed by atoms with Gasteiger partial charge in [-0.05, 0) is 17.7 Å². The largest absolute Gasteiger partial charge is 0.396 e. The summed E-state index contributed by atoms with van der Waals surface area (Å²) in [4.78, 5) is 15.7. The molecule has 1 aromatic heterocycles. The predicted molar refractivity (Wildman–Crippen MR) is 73.7 cm³/mol. The van der Waals surface area contributed by atoms with Gasteiger partial charge < -0.3 is 11.5 Å². The fourth-order valence-electron chi connectivity index (χ4n) is 1.71. The fourth-order valence-corrected chi connectivity index (χ4v) is 2.92. The number of benzene rings is 1. The molecule has 0 saturated carbocycles. The summed E-state index contributed by atoms with van der Waals surface area (Å²) in [6.07, 6.45) is 2.98. The first-order chi connectivity index (χ1) is 9.09. The molecule has 0 saturated heterocycles. The van der Waals surface area contributed by atoms with Gasteiger partial charge in [-0.3, -0.25) is 14.0 Å².